The molecule has 5 nitrogen and oxygen atoms in total. The van der Waals surface area contributed by atoms with E-state index >= 15 is 0 Å². The molecule has 0 aliphatic carbocycles. The van der Waals surface area contributed by atoms with Crippen LogP contribution in [0, 0.1) is 6.92 Å². The highest BCUT2D eigenvalue weighted by Crippen LogP contribution is 2.26. The zero-order valence-corrected chi connectivity index (χ0v) is 14.4. The fourth-order valence-electron chi connectivity index (χ4n) is 2.62. The Morgan fingerprint density at radius 1 is 1.12 bits per heavy atom. The minimum atomic E-state index is -0.268. The summed E-state index contributed by atoms with van der Waals surface area (Å²) in [4.78, 5) is 12.4. The van der Waals surface area contributed by atoms with Gasteiger partial charge in [-0.25, -0.2) is 0 Å². The van der Waals surface area contributed by atoms with Gasteiger partial charge in [-0.2, -0.15) is 0 Å². The third kappa shape index (κ3) is 4.00. The number of para-hydroxylation sites is 1. The maximum Gasteiger partial charge on any atom is 0.287 e. The first kappa shape index (κ1) is 17.0. The summed E-state index contributed by atoms with van der Waals surface area (Å²) in [6.45, 7) is 3.11. The standard InChI is InChI=1S/C20H21NO4/c1-14-7-9-15(10-8-14)24-12-11-21-20(22)19-17(13-23-2)16-5-3-4-6-18(16)25-19/h3-10H,11-13H2,1-2H3,(H,21,22). The number of furan rings is 1. The Bertz CT molecular complexity index is 852. The van der Waals surface area contributed by atoms with Crippen LogP contribution in [-0.4, -0.2) is 26.2 Å². The van der Waals surface area contributed by atoms with Crippen molar-refractivity contribution in [2.24, 2.45) is 0 Å². The first-order valence-corrected chi connectivity index (χ1v) is 8.16. The number of amides is 1. The van der Waals surface area contributed by atoms with Crippen LogP contribution in [0.4, 0.5) is 0 Å². The molecule has 1 amide bonds. The minimum Gasteiger partial charge on any atom is -0.492 e. The normalized spacial score (nSPS) is 10.8. The summed E-state index contributed by atoms with van der Waals surface area (Å²) in [5.74, 6) is 0.804. The molecule has 0 radical (unpaired) electrons. The van der Waals surface area contributed by atoms with E-state index in [1.54, 1.807) is 7.11 Å². The molecule has 0 saturated carbocycles. The van der Waals surface area contributed by atoms with E-state index in [-0.39, 0.29) is 5.91 Å². The van der Waals surface area contributed by atoms with E-state index in [1.807, 2.05) is 55.5 Å². The quantitative estimate of drug-likeness (QED) is 0.667. The van der Waals surface area contributed by atoms with Gasteiger partial charge in [0.25, 0.3) is 5.91 Å². The number of methoxy groups -OCH3 is 1. The minimum absolute atomic E-state index is 0.268. The molecule has 0 unspecified atom stereocenters. The second-order valence-electron chi connectivity index (χ2n) is 5.76. The van der Waals surface area contributed by atoms with E-state index in [1.165, 1.54) is 5.56 Å². The van der Waals surface area contributed by atoms with Crippen LogP contribution >= 0.6 is 0 Å². The molecule has 0 fully saturated rings. The average molecular weight is 339 g/mol. The van der Waals surface area contributed by atoms with E-state index in [9.17, 15) is 4.79 Å². The van der Waals surface area contributed by atoms with Crippen LogP contribution in [0.1, 0.15) is 21.7 Å². The molecule has 0 aliphatic heterocycles. The lowest BCUT2D eigenvalue weighted by atomic mass is 10.1. The molecule has 0 spiro atoms. The van der Waals surface area contributed by atoms with E-state index in [4.69, 9.17) is 13.9 Å². The van der Waals surface area contributed by atoms with Crippen molar-refractivity contribution in [1.29, 1.82) is 0 Å². The maximum atomic E-state index is 12.4. The Balaban J connectivity index is 1.62. The van der Waals surface area contributed by atoms with Crippen molar-refractivity contribution in [3.05, 3.63) is 65.4 Å². The number of hydrogen-bond acceptors (Lipinski definition) is 4. The SMILES string of the molecule is COCc1c(C(=O)NCCOc2ccc(C)cc2)oc2ccccc12. The van der Waals surface area contributed by atoms with Crippen LogP contribution in [0.15, 0.2) is 52.9 Å². The van der Waals surface area contributed by atoms with Gasteiger partial charge in [0.05, 0.1) is 13.2 Å². The zero-order chi connectivity index (χ0) is 17.6. The Kier molecular flexibility index (Phi) is 5.36. The molecule has 130 valence electrons. The lowest BCUT2D eigenvalue weighted by Crippen LogP contribution is -2.28. The summed E-state index contributed by atoms with van der Waals surface area (Å²) < 4.78 is 16.5. The van der Waals surface area contributed by atoms with Crippen LogP contribution in [0.25, 0.3) is 11.0 Å². The Hall–Kier alpha value is -2.79. The number of aryl methyl sites for hydroxylation is 1. The van der Waals surface area contributed by atoms with E-state index < -0.39 is 0 Å². The van der Waals surface area contributed by atoms with E-state index in [0.29, 0.717) is 31.1 Å². The summed E-state index contributed by atoms with van der Waals surface area (Å²) in [5.41, 5.74) is 2.61. The molecule has 0 aliphatic rings. The molecular formula is C20H21NO4. The molecule has 0 saturated heterocycles. The Labute approximate surface area is 146 Å². The molecule has 3 aromatic rings. The number of rotatable bonds is 7. The second-order valence-corrected chi connectivity index (χ2v) is 5.76. The summed E-state index contributed by atoms with van der Waals surface area (Å²) in [5, 5.41) is 3.72. The molecule has 3 rings (SSSR count). The van der Waals surface area contributed by atoms with E-state index in [2.05, 4.69) is 5.32 Å². The fraction of sp³-hybridized carbons (Fsp3) is 0.250. The smallest absolute Gasteiger partial charge is 0.287 e. The number of carbonyl (C=O) groups excluding carboxylic acids is 1. The monoisotopic (exact) mass is 339 g/mol. The predicted octanol–water partition coefficient (Wildman–Crippen LogP) is 3.70. The number of nitrogens with one attached hydrogen (secondary N) is 1. The number of hydrogen-bond donors (Lipinski definition) is 1. The zero-order valence-electron chi connectivity index (χ0n) is 14.4. The van der Waals surface area contributed by atoms with Crippen LogP contribution in [0.5, 0.6) is 5.75 Å². The highest BCUT2D eigenvalue weighted by atomic mass is 16.5. The van der Waals surface area contributed by atoms with Gasteiger partial charge in [-0.1, -0.05) is 35.9 Å². The third-order valence-electron chi connectivity index (χ3n) is 3.87. The van der Waals surface area contributed by atoms with Gasteiger partial charge in [0, 0.05) is 18.1 Å². The van der Waals surface area contributed by atoms with Gasteiger partial charge >= 0.3 is 0 Å². The van der Waals surface area contributed by atoms with Gasteiger partial charge in [0.2, 0.25) is 0 Å². The largest absolute Gasteiger partial charge is 0.492 e. The number of benzene rings is 2. The van der Waals surface area contributed by atoms with Crippen molar-refractivity contribution in [2.75, 3.05) is 20.3 Å². The number of fused-ring (bicyclic) bond motifs is 1. The fourth-order valence-corrected chi connectivity index (χ4v) is 2.62. The first-order chi connectivity index (χ1) is 12.2. The second kappa shape index (κ2) is 7.85. The van der Waals surface area contributed by atoms with Crippen LogP contribution < -0.4 is 10.1 Å². The molecule has 1 aromatic heterocycles. The lowest BCUT2D eigenvalue weighted by molar-refractivity contribution is 0.0915. The molecule has 1 N–H and O–H groups in total. The highest BCUT2D eigenvalue weighted by molar-refractivity contribution is 5.99. The summed E-state index contributed by atoms with van der Waals surface area (Å²) in [6, 6.07) is 15.3. The predicted molar refractivity (Wildman–Crippen MR) is 95.9 cm³/mol. The molecular weight excluding hydrogens is 318 g/mol. The van der Waals surface area contributed by atoms with Crippen molar-refractivity contribution < 1.29 is 18.7 Å². The van der Waals surface area contributed by atoms with Gasteiger partial charge in [0.1, 0.15) is 17.9 Å². The molecule has 5 heteroatoms. The lowest BCUT2D eigenvalue weighted by Gasteiger charge is -2.08. The van der Waals surface area contributed by atoms with Gasteiger partial charge in [-0.15, -0.1) is 0 Å². The molecule has 1 heterocycles. The Morgan fingerprint density at radius 3 is 2.64 bits per heavy atom. The van der Waals surface area contributed by atoms with Gasteiger partial charge in [0.15, 0.2) is 5.76 Å². The molecule has 2 aromatic carbocycles. The van der Waals surface area contributed by atoms with Crippen LogP contribution in [0.2, 0.25) is 0 Å². The van der Waals surface area contributed by atoms with Crippen molar-refractivity contribution in [3.63, 3.8) is 0 Å². The summed E-state index contributed by atoms with van der Waals surface area (Å²) in [7, 11) is 1.60. The maximum absolute atomic E-state index is 12.4. The molecule has 0 bridgehead atoms. The Morgan fingerprint density at radius 2 is 1.88 bits per heavy atom. The number of carbonyl (C=O) groups is 1. The van der Waals surface area contributed by atoms with Crippen LogP contribution in [0.3, 0.4) is 0 Å². The van der Waals surface area contributed by atoms with E-state index in [0.717, 1.165) is 16.7 Å². The van der Waals surface area contributed by atoms with Crippen LogP contribution in [-0.2, 0) is 11.3 Å². The first-order valence-electron chi connectivity index (χ1n) is 8.16. The average Bonchev–Trinajstić information content (AvgIpc) is 2.99. The van der Waals surface area contributed by atoms with Crippen molar-refractivity contribution in [2.45, 2.75) is 13.5 Å². The van der Waals surface area contributed by atoms with Crippen molar-refractivity contribution in [3.8, 4) is 5.75 Å². The molecule has 0 atom stereocenters. The van der Waals surface area contributed by atoms with Gasteiger partial charge in [-0.3, -0.25) is 4.79 Å². The molecule has 25 heavy (non-hydrogen) atoms. The highest BCUT2D eigenvalue weighted by Gasteiger charge is 2.19. The third-order valence-corrected chi connectivity index (χ3v) is 3.87. The summed E-state index contributed by atoms with van der Waals surface area (Å²) in [6.07, 6.45) is 0. The number of ether oxygens (including phenoxy) is 2. The van der Waals surface area contributed by atoms with Crippen molar-refractivity contribution >= 4 is 16.9 Å². The summed E-state index contributed by atoms with van der Waals surface area (Å²) >= 11 is 0. The van der Waals surface area contributed by atoms with Gasteiger partial charge < -0.3 is 19.2 Å². The van der Waals surface area contributed by atoms with Gasteiger partial charge in [-0.05, 0) is 25.1 Å². The topological polar surface area (TPSA) is 60.7 Å². The van der Waals surface area contributed by atoms with Crippen molar-refractivity contribution in [1.82, 2.24) is 5.32 Å².